The van der Waals surface area contributed by atoms with Crippen LogP contribution in [-0.2, 0) is 12.4 Å². The minimum atomic E-state index is 0.423. The van der Waals surface area contributed by atoms with Gasteiger partial charge in [0.2, 0.25) is 0 Å². The summed E-state index contributed by atoms with van der Waals surface area (Å²) in [6, 6.07) is 8.00. The molecule has 0 radical (unpaired) electrons. The first-order valence-electron chi connectivity index (χ1n) is 5.39. The molecule has 0 saturated heterocycles. The molecule has 18 heavy (non-hydrogen) atoms. The van der Waals surface area contributed by atoms with Gasteiger partial charge in [-0.25, -0.2) is 0 Å². The van der Waals surface area contributed by atoms with Crippen molar-refractivity contribution in [1.29, 1.82) is 0 Å². The Morgan fingerprint density at radius 1 is 1.39 bits per heavy atom. The Bertz CT molecular complexity index is 542. The van der Waals surface area contributed by atoms with E-state index in [0.717, 1.165) is 26.6 Å². The highest BCUT2D eigenvalue weighted by molar-refractivity contribution is 9.11. The molecule has 0 bridgehead atoms. The van der Waals surface area contributed by atoms with Crippen LogP contribution in [0, 0.1) is 0 Å². The Balaban J connectivity index is 2.23. The monoisotopic (exact) mass is 363 g/mol. The molecule has 0 aliphatic carbocycles. The number of hydrogen-bond acceptors (Lipinski definition) is 2. The molecule has 0 spiro atoms. The van der Waals surface area contributed by atoms with Crippen LogP contribution in [0.5, 0.6) is 0 Å². The van der Waals surface area contributed by atoms with Crippen molar-refractivity contribution in [2.24, 2.45) is 0 Å². The van der Waals surface area contributed by atoms with Gasteiger partial charge in [0.15, 0.2) is 0 Å². The van der Waals surface area contributed by atoms with Crippen LogP contribution in [0.4, 0.5) is 5.69 Å². The number of alkyl halides is 1. The Morgan fingerprint density at radius 2 is 2.17 bits per heavy atom. The second-order valence-electron chi connectivity index (χ2n) is 3.99. The number of nitrogens with zero attached hydrogens (tertiary/aromatic N) is 1. The van der Waals surface area contributed by atoms with Crippen LogP contribution in [0.25, 0.3) is 0 Å². The molecule has 1 aromatic carbocycles. The van der Waals surface area contributed by atoms with E-state index in [4.69, 9.17) is 23.2 Å². The van der Waals surface area contributed by atoms with Crippen LogP contribution in [-0.4, -0.2) is 7.05 Å². The minimum absolute atomic E-state index is 0.423. The lowest BCUT2D eigenvalue weighted by molar-refractivity contribution is 0.920. The lowest BCUT2D eigenvalue weighted by Crippen LogP contribution is -2.17. The van der Waals surface area contributed by atoms with Gasteiger partial charge in [0.05, 0.1) is 9.67 Å². The first-order chi connectivity index (χ1) is 8.61. The molecular weight excluding hydrogens is 353 g/mol. The predicted octanol–water partition coefficient (Wildman–Crippen LogP) is 5.54. The third kappa shape index (κ3) is 3.21. The fourth-order valence-electron chi connectivity index (χ4n) is 1.82. The number of anilines is 1. The number of benzene rings is 1. The van der Waals surface area contributed by atoms with Gasteiger partial charge in [-0.3, -0.25) is 0 Å². The van der Waals surface area contributed by atoms with Crippen LogP contribution in [0.3, 0.4) is 0 Å². The van der Waals surface area contributed by atoms with E-state index in [2.05, 4.69) is 32.3 Å². The van der Waals surface area contributed by atoms with Crippen LogP contribution >= 0.6 is 50.5 Å². The van der Waals surface area contributed by atoms with Gasteiger partial charge in [0, 0.05) is 29.9 Å². The average molecular weight is 365 g/mol. The zero-order valence-corrected chi connectivity index (χ0v) is 13.7. The van der Waals surface area contributed by atoms with Gasteiger partial charge in [-0.1, -0.05) is 17.7 Å². The molecule has 0 aliphatic rings. The van der Waals surface area contributed by atoms with Gasteiger partial charge in [-0.05, 0) is 45.1 Å². The van der Waals surface area contributed by atoms with Gasteiger partial charge >= 0.3 is 0 Å². The minimum Gasteiger partial charge on any atom is -0.370 e. The zero-order valence-electron chi connectivity index (χ0n) is 9.79. The summed E-state index contributed by atoms with van der Waals surface area (Å²) in [5.74, 6) is 0.423. The summed E-state index contributed by atoms with van der Waals surface area (Å²) in [6.45, 7) is 0.840. The Kier molecular flexibility index (Phi) is 4.96. The predicted molar refractivity (Wildman–Crippen MR) is 85.1 cm³/mol. The molecule has 0 aliphatic heterocycles. The van der Waals surface area contributed by atoms with Crippen LogP contribution < -0.4 is 4.90 Å². The van der Waals surface area contributed by atoms with E-state index in [1.165, 1.54) is 5.56 Å². The largest absolute Gasteiger partial charge is 0.370 e. The summed E-state index contributed by atoms with van der Waals surface area (Å²) in [6.07, 6.45) is 0. The number of hydrogen-bond donors (Lipinski definition) is 0. The first-order valence-corrected chi connectivity index (χ1v) is 7.97. The number of rotatable bonds is 4. The van der Waals surface area contributed by atoms with E-state index in [-0.39, 0.29) is 0 Å². The van der Waals surface area contributed by atoms with Gasteiger partial charge in [0.1, 0.15) is 0 Å². The van der Waals surface area contributed by atoms with Crippen molar-refractivity contribution in [2.45, 2.75) is 12.4 Å². The molecule has 0 fully saturated rings. The maximum atomic E-state index is 6.16. The SMILES string of the molecule is CN(Cc1csc(Br)c1)c1cccc(Cl)c1CCl. The van der Waals surface area contributed by atoms with Gasteiger partial charge in [-0.2, -0.15) is 0 Å². The van der Waals surface area contributed by atoms with Gasteiger partial charge in [0.25, 0.3) is 0 Å². The molecule has 1 aromatic heterocycles. The molecule has 96 valence electrons. The second kappa shape index (κ2) is 6.29. The van der Waals surface area contributed by atoms with E-state index in [0.29, 0.717) is 5.88 Å². The molecule has 0 unspecified atom stereocenters. The van der Waals surface area contributed by atoms with Crippen molar-refractivity contribution in [3.63, 3.8) is 0 Å². The summed E-state index contributed by atoms with van der Waals surface area (Å²) in [4.78, 5) is 2.16. The van der Waals surface area contributed by atoms with E-state index in [1.807, 2.05) is 25.2 Å². The number of thiophene rings is 1. The molecule has 1 heterocycles. The maximum absolute atomic E-state index is 6.16. The van der Waals surface area contributed by atoms with Crippen LogP contribution in [0.15, 0.2) is 33.4 Å². The summed E-state index contributed by atoms with van der Waals surface area (Å²) < 4.78 is 1.15. The second-order valence-corrected chi connectivity index (χ2v) is 6.95. The topological polar surface area (TPSA) is 3.24 Å². The molecule has 5 heteroatoms. The molecular formula is C13H12BrCl2NS. The van der Waals surface area contributed by atoms with E-state index < -0.39 is 0 Å². The lowest BCUT2D eigenvalue weighted by atomic mass is 10.1. The highest BCUT2D eigenvalue weighted by Gasteiger charge is 2.11. The standard InChI is InChI=1S/C13H12BrCl2NS/c1-17(7-9-5-13(14)18-8-9)12-4-2-3-11(16)10(12)6-15/h2-5,8H,6-7H2,1H3. The Hall–Kier alpha value is -0.220. The van der Waals surface area contributed by atoms with Crippen molar-refractivity contribution in [3.05, 3.63) is 49.6 Å². The Morgan fingerprint density at radius 3 is 2.78 bits per heavy atom. The van der Waals surface area contributed by atoms with Gasteiger partial charge in [-0.15, -0.1) is 22.9 Å². The van der Waals surface area contributed by atoms with Crippen LogP contribution in [0.2, 0.25) is 5.02 Å². The smallest absolute Gasteiger partial charge is 0.0701 e. The van der Waals surface area contributed by atoms with Crippen LogP contribution in [0.1, 0.15) is 11.1 Å². The molecule has 0 N–H and O–H groups in total. The quantitative estimate of drug-likeness (QED) is 0.644. The highest BCUT2D eigenvalue weighted by atomic mass is 79.9. The summed E-state index contributed by atoms with van der Waals surface area (Å²) in [5, 5.41) is 2.87. The highest BCUT2D eigenvalue weighted by Crippen LogP contribution is 2.30. The van der Waals surface area contributed by atoms with Crippen molar-refractivity contribution in [1.82, 2.24) is 0 Å². The van der Waals surface area contributed by atoms with E-state index >= 15 is 0 Å². The molecule has 0 saturated carbocycles. The Labute approximate surface area is 129 Å². The van der Waals surface area contributed by atoms with Crippen molar-refractivity contribution >= 4 is 56.2 Å². The summed E-state index contributed by atoms with van der Waals surface area (Å²) >= 11 is 17.3. The zero-order chi connectivity index (χ0) is 13.1. The van der Waals surface area contributed by atoms with Gasteiger partial charge < -0.3 is 4.90 Å². The number of halogens is 3. The van der Waals surface area contributed by atoms with E-state index in [1.54, 1.807) is 11.3 Å². The molecule has 0 atom stereocenters. The molecule has 1 nitrogen and oxygen atoms in total. The fraction of sp³-hybridized carbons (Fsp3) is 0.231. The maximum Gasteiger partial charge on any atom is 0.0701 e. The normalized spacial score (nSPS) is 10.7. The average Bonchev–Trinajstić information content (AvgIpc) is 2.74. The van der Waals surface area contributed by atoms with Crippen molar-refractivity contribution in [3.8, 4) is 0 Å². The molecule has 0 amide bonds. The van der Waals surface area contributed by atoms with E-state index in [9.17, 15) is 0 Å². The summed E-state index contributed by atoms with van der Waals surface area (Å²) in [7, 11) is 2.05. The summed E-state index contributed by atoms with van der Waals surface area (Å²) in [5.41, 5.74) is 3.34. The lowest BCUT2D eigenvalue weighted by Gasteiger charge is -2.22. The molecule has 2 aromatic rings. The third-order valence-electron chi connectivity index (χ3n) is 2.68. The van der Waals surface area contributed by atoms with Crippen molar-refractivity contribution < 1.29 is 0 Å². The fourth-order valence-corrected chi connectivity index (χ4v) is 3.61. The van der Waals surface area contributed by atoms with Crippen molar-refractivity contribution in [2.75, 3.05) is 11.9 Å². The molecule has 2 rings (SSSR count). The third-order valence-corrected chi connectivity index (χ3v) is 4.86. The first kappa shape index (κ1) is 14.2.